The van der Waals surface area contributed by atoms with Crippen molar-refractivity contribution in [3.8, 4) is 5.75 Å². The van der Waals surface area contributed by atoms with E-state index in [9.17, 15) is 4.79 Å². The maximum Gasteiger partial charge on any atom is 0.352 e. The van der Waals surface area contributed by atoms with Gasteiger partial charge >= 0.3 is 5.97 Å². The number of carboxylic acids is 1. The first kappa shape index (κ1) is 11.8. The van der Waals surface area contributed by atoms with E-state index in [-0.39, 0.29) is 11.8 Å². The van der Waals surface area contributed by atoms with Crippen LogP contribution in [0.3, 0.4) is 0 Å². The summed E-state index contributed by atoms with van der Waals surface area (Å²) in [7, 11) is 5.89. The molecule has 0 amide bonds. The second-order valence-electron chi connectivity index (χ2n) is 4.58. The molecule has 1 atom stereocenters. The number of ether oxygens (including phenoxy) is 1. The van der Waals surface area contributed by atoms with Crippen LogP contribution in [0.4, 0.5) is 5.82 Å². The molecule has 1 aliphatic rings. The Labute approximate surface area is 99.8 Å². The van der Waals surface area contributed by atoms with Crippen molar-refractivity contribution in [2.45, 2.75) is 6.10 Å². The molecule has 0 saturated carbocycles. The van der Waals surface area contributed by atoms with Gasteiger partial charge in [0, 0.05) is 19.7 Å². The highest BCUT2D eigenvalue weighted by Gasteiger charge is 2.27. The van der Waals surface area contributed by atoms with Gasteiger partial charge in [0.15, 0.2) is 5.75 Å². The molecule has 0 bridgehead atoms. The lowest BCUT2D eigenvalue weighted by Crippen LogP contribution is -2.43. The molecule has 1 aromatic heterocycles. The number of carbonyl (C=O) groups is 1. The third-order valence-corrected chi connectivity index (χ3v) is 2.71. The molecular formula is C11H17N3O3. The lowest BCUT2D eigenvalue weighted by molar-refractivity contribution is 0.0691. The van der Waals surface area contributed by atoms with E-state index in [4.69, 9.17) is 9.84 Å². The number of anilines is 1. The van der Waals surface area contributed by atoms with Gasteiger partial charge < -0.3 is 24.6 Å². The summed E-state index contributed by atoms with van der Waals surface area (Å²) >= 11 is 0. The van der Waals surface area contributed by atoms with E-state index in [1.807, 2.05) is 30.9 Å². The third kappa shape index (κ3) is 2.36. The Morgan fingerprint density at radius 2 is 2.41 bits per heavy atom. The van der Waals surface area contributed by atoms with Gasteiger partial charge in [-0.1, -0.05) is 0 Å². The lowest BCUT2D eigenvalue weighted by atomic mass is 10.2. The highest BCUT2D eigenvalue weighted by atomic mass is 16.5. The standard InChI is InChI=1S/C11H17N3O3/c1-13(2)5-7-6-14(3)10-9(17-7)4-8(12-10)11(15)16/h4,7,12H,5-6H2,1-3H3,(H,15,16). The Morgan fingerprint density at radius 3 is 3.00 bits per heavy atom. The number of aromatic amines is 1. The molecule has 2 N–H and O–H groups in total. The second-order valence-corrected chi connectivity index (χ2v) is 4.58. The SMILES string of the molecule is CN(C)CC1CN(C)c2[nH]c(C(=O)O)cc2O1. The highest BCUT2D eigenvalue weighted by molar-refractivity contribution is 5.88. The molecule has 0 fully saturated rings. The summed E-state index contributed by atoms with van der Waals surface area (Å²) in [6.07, 6.45) is 0.0555. The van der Waals surface area contributed by atoms with E-state index in [1.165, 1.54) is 6.07 Å². The fraction of sp³-hybridized carbons (Fsp3) is 0.545. The molecule has 94 valence electrons. The molecule has 1 aromatic rings. The number of aromatic nitrogens is 1. The van der Waals surface area contributed by atoms with Crippen molar-refractivity contribution in [2.75, 3.05) is 39.1 Å². The summed E-state index contributed by atoms with van der Waals surface area (Å²) in [5, 5.41) is 8.92. The molecule has 6 nitrogen and oxygen atoms in total. The summed E-state index contributed by atoms with van der Waals surface area (Å²) in [6, 6.07) is 1.54. The Balaban J connectivity index is 2.21. The van der Waals surface area contributed by atoms with E-state index in [0.29, 0.717) is 5.75 Å². The molecule has 6 heteroatoms. The van der Waals surface area contributed by atoms with Gasteiger partial charge in [-0.25, -0.2) is 4.79 Å². The zero-order valence-corrected chi connectivity index (χ0v) is 10.2. The third-order valence-electron chi connectivity index (χ3n) is 2.71. The summed E-state index contributed by atoms with van der Waals surface area (Å²) < 4.78 is 5.77. The fourth-order valence-corrected chi connectivity index (χ4v) is 2.03. The summed E-state index contributed by atoms with van der Waals surface area (Å²) in [6.45, 7) is 1.54. The molecule has 17 heavy (non-hydrogen) atoms. The topological polar surface area (TPSA) is 68.8 Å². The van der Waals surface area contributed by atoms with Gasteiger partial charge in [0.2, 0.25) is 0 Å². The Kier molecular flexibility index (Phi) is 2.97. The first-order valence-corrected chi connectivity index (χ1v) is 5.46. The maximum atomic E-state index is 10.9. The minimum absolute atomic E-state index is 0.0555. The zero-order chi connectivity index (χ0) is 12.6. The smallest absolute Gasteiger partial charge is 0.352 e. The van der Waals surface area contributed by atoms with Crippen LogP contribution in [-0.2, 0) is 0 Å². The minimum Gasteiger partial charge on any atom is -0.483 e. The average Bonchev–Trinajstić information content (AvgIpc) is 2.60. The van der Waals surface area contributed by atoms with Crippen LogP contribution in [0.15, 0.2) is 6.07 Å². The molecule has 0 spiro atoms. The molecule has 0 aromatic carbocycles. The van der Waals surface area contributed by atoms with Crippen LogP contribution in [0.5, 0.6) is 5.75 Å². The van der Waals surface area contributed by atoms with Crippen molar-refractivity contribution in [3.63, 3.8) is 0 Å². The first-order chi connectivity index (χ1) is 7.97. The molecule has 1 aliphatic heterocycles. The van der Waals surface area contributed by atoms with Gasteiger partial charge in [0.25, 0.3) is 0 Å². The normalized spacial score (nSPS) is 19.1. The molecule has 0 radical (unpaired) electrons. The Morgan fingerprint density at radius 1 is 1.71 bits per heavy atom. The highest BCUT2D eigenvalue weighted by Crippen LogP contribution is 2.32. The van der Waals surface area contributed by atoms with Gasteiger partial charge in [-0.2, -0.15) is 0 Å². The van der Waals surface area contributed by atoms with Crippen molar-refractivity contribution in [1.82, 2.24) is 9.88 Å². The van der Waals surface area contributed by atoms with Gasteiger partial charge in [-0.05, 0) is 14.1 Å². The van der Waals surface area contributed by atoms with Crippen LogP contribution in [0.25, 0.3) is 0 Å². The molecule has 2 rings (SSSR count). The largest absolute Gasteiger partial charge is 0.483 e. The molecular weight excluding hydrogens is 222 g/mol. The molecule has 0 aliphatic carbocycles. The number of hydrogen-bond acceptors (Lipinski definition) is 4. The van der Waals surface area contributed by atoms with Crippen LogP contribution in [0.1, 0.15) is 10.5 Å². The van der Waals surface area contributed by atoms with Crippen LogP contribution >= 0.6 is 0 Å². The van der Waals surface area contributed by atoms with Gasteiger partial charge in [-0.3, -0.25) is 0 Å². The monoisotopic (exact) mass is 239 g/mol. The van der Waals surface area contributed by atoms with Crippen molar-refractivity contribution >= 4 is 11.8 Å². The predicted molar refractivity (Wildman–Crippen MR) is 64.0 cm³/mol. The number of aromatic carboxylic acids is 1. The van der Waals surface area contributed by atoms with Crippen molar-refractivity contribution in [3.05, 3.63) is 11.8 Å². The van der Waals surface area contributed by atoms with E-state index < -0.39 is 5.97 Å². The van der Waals surface area contributed by atoms with Crippen LogP contribution in [0, 0.1) is 0 Å². The maximum absolute atomic E-state index is 10.9. The van der Waals surface area contributed by atoms with E-state index in [2.05, 4.69) is 4.98 Å². The number of hydrogen-bond donors (Lipinski definition) is 2. The molecule has 2 heterocycles. The Hall–Kier alpha value is -1.69. The fourth-order valence-electron chi connectivity index (χ4n) is 2.03. The van der Waals surface area contributed by atoms with Crippen LogP contribution in [-0.4, -0.2) is 61.3 Å². The number of rotatable bonds is 3. The van der Waals surface area contributed by atoms with Gasteiger partial charge in [0.05, 0.1) is 6.54 Å². The number of fused-ring (bicyclic) bond motifs is 1. The van der Waals surface area contributed by atoms with E-state index >= 15 is 0 Å². The number of nitrogens with zero attached hydrogens (tertiary/aromatic N) is 2. The van der Waals surface area contributed by atoms with Crippen molar-refractivity contribution in [1.29, 1.82) is 0 Å². The summed E-state index contributed by atoms with van der Waals surface area (Å²) in [5.41, 5.74) is 0.160. The minimum atomic E-state index is -0.972. The second kappa shape index (κ2) is 4.29. The summed E-state index contributed by atoms with van der Waals surface area (Å²) in [4.78, 5) is 17.8. The van der Waals surface area contributed by atoms with Gasteiger partial charge in [-0.15, -0.1) is 0 Å². The van der Waals surface area contributed by atoms with E-state index in [1.54, 1.807) is 0 Å². The van der Waals surface area contributed by atoms with Crippen molar-refractivity contribution < 1.29 is 14.6 Å². The van der Waals surface area contributed by atoms with Gasteiger partial charge in [0.1, 0.15) is 17.6 Å². The quantitative estimate of drug-likeness (QED) is 0.802. The number of nitrogens with one attached hydrogen (secondary N) is 1. The van der Waals surface area contributed by atoms with E-state index in [0.717, 1.165) is 18.9 Å². The molecule has 1 unspecified atom stereocenters. The molecule has 0 saturated heterocycles. The van der Waals surface area contributed by atoms with Crippen LogP contribution < -0.4 is 9.64 Å². The number of H-pyrrole nitrogens is 1. The lowest BCUT2D eigenvalue weighted by Gasteiger charge is -2.32. The average molecular weight is 239 g/mol. The van der Waals surface area contributed by atoms with Crippen LogP contribution in [0.2, 0.25) is 0 Å². The predicted octanol–water partition coefficient (Wildman–Crippen LogP) is 0.472. The Bertz CT molecular complexity index is 428. The summed E-state index contributed by atoms with van der Waals surface area (Å²) in [5.74, 6) is 0.376. The van der Waals surface area contributed by atoms with Crippen molar-refractivity contribution in [2.24, 2.45) is 0 Å². The number of carboxylic acid groups (broad SMARTS) is 1. The number of likely N-dealkylation sites (N-methyl/N-ethyl adjacent to an activating group) is 2. The first-order valence-electron chi connectivity index (χ1n) is 5.46. The zero-order valence-electron chi connectivity index (χ0n) is 10.2.